The fraction of sp³-hybridized carbons (Fsp3) is 0.765. The molecule has 116 valence electrons. The largest absolute Gasteiger partial charge is 0.468 e. The first-order valence-corrected chi connectivity index (χ1v) is 7.91. The Balaban J connectivity index is 2.19. The van der Waals surface area contributed by atoms with Crippen LogP contribution in [0.4, 0.5) is 0 Å². The van der Waals surface area contributed by atoms with E-state index in [4.69, 9.17) is 9.15 Å². The van der Waals surface area contributed by atoms with Crippen molar-refractivity contribution in [3.05, 3.63) is 23.7 Å². The molecule has 0 fully saturated rings. The highest BCUT2D eigenvalue weighted by Gasteiger charge is 2.12. The molecule has 20 heavy (non-hydrogen) atoms. The molecule has 0 atom stereocenters. The van der Waals surface area contributed by atoms with Gasteiger partial charge in [-0.05, 0) is 33.3 Å². The zero-order chi connectivity index (χ0) is 14.8. The topological polar surface area (TPSA) is 34.4 Å². The molecule has 0 aromatic carbocycles. The number of hydrogen-bond donors (Lipinski definition) is 1. The van der Waals surface area contributed by atoms with Crippen LogP contribution in [0, 0.1) is 0 Å². The summed E-state index contributed by atoms with van der Waals surface area (Å²) in [6.07, 6.45) is 8.14. The van der Waals surface area contributed by atoms with E-state index < -0.39 is 0 Å². The van der Waals surface area contributed by atoms with Crippen molar-refractivity contribution >= 4 is 0 Å². The number of hydrogen-bond acceptors (Lipinski definition) is 3. The van der Waals surface area contributed by atoms with Gasteiger partial charge in [-0.1, -0.05) is 32.6 Å². The standard InChI is InChI=1S/C17H31NO2/c1-5-6-7-8-9-11-19-14-15-10-12-20-16(15)13-18-17(2,3)4/h10,12,18H,5-9,11,13-14H2,1-4H3. The van der Waals surface area contributed by atoms with E-state index in [0.29, 0.717) is 6.61 Å². The maximum Gasteiger partial charge on any atom is 0.123 e. The van der Waals surface area contributed by atoms with Gasteiger partial charge in [-0.25, -0.2) is 0 Å². The zero-order valence-electron chi connectivity index (χ0n) is 13.6. The van der Waals surface area contributed by atoms with Gasteiger partial charge in [0, 0.05) is 17.7 Å². The molecule has 0 spiro atoms. The second-order valence-electron chi connectivity index (χ2n) is 6.44. The highest BCUT2D eigenvalue weighted by Crippen LogP contribution is 2.14. The first-order valence-electron chi connectivity index (χ1n) is 7.91. The van der Waals surface area contributed by atoms with Gasteiger partial charge in [0.05, 0.1) is 19.4 Å². The summed E-state index contributed by atoms with van der Waals surface area (Å²) in [5.41, 5.74) is 1.26. The van der Waals surface area contributed by atoms with Crippen LogP contribution in [0.25, 0.3) is 0 Å². The third-order valence-electron chi connectivity index (χ3n) is 3.27. The predicted octanol–water partition coefficient (Wildman–Crippen LogP) is 4.65. The minimum Gasteiger partial charge on any atom is -0.468 e. The Morgan fingerprint density at radius 2 is 1.90 bits per heavy atom. The van der Waals surface area contributed by atoms with Crippen molar-refractivity contribution in [2.45, 2.75) is 78.5 Å². The van der Waals surface area contributed by atoms with Gasteiger partial charge < -0.3 is 14.5 Å². The molecular weight excluding hydrogens is 250 g/mol. The third kappa shape index (κ3) is 7.71. The maximum absolute atomic E-state index is 5.74. The highest BCUT2D eigenvalue weighted by atomic mass is 16.5. The third-order valence-corrected chi connectivity index (χ3v) is 3.27. The van der Waals surface area contributed by atoms with Crippen LogP contribution < -0.4 is 5.32 Å². The maximum atomic E-state index is 5.74. The molecule has 0 aliphatic rings. The average molecular weight is 281 g/mol. The second kappa shape index (κ2) is 9.19. The summed E-state index contributed by atoms with van der Waals surface area (Å²) in [6, 6.07) is 2.01. The molecule has 0 aliphatic heterocycles. The summed E-state index contributed by atoms with van der Waals surface area (Å²) in [7, 11) is 0. The minimum atomic E-state index is 0.101. The molecule has 0 saturated heterocycles. The van der Waals surface area contributed by atoms with Crippen LogP contribution in [-0.2, 0) is 17.9 Å². The van der Waals surface area contributed by atoms with Gasteiger partial charge in [-0.2, -0.15) is 0 Å². The molecule has 0 radical (unpaired) electrons. The summed E-state index contributed by atoms with van der Waals surface area (Å²) in [5, 5.41) is 3.44. The fourth-order valence-electron chi connectivity index (χ4n) is 1.99. The number of unbranched alkanes of at least 4 members (excludes halogenated alkanes) is 4. The molecule has 1 heterocycles. The quantitative estimate of drug-likeness (QED) is 0.634. The van der Waals surface area contributed by atoms with Crippen molar-refractivity contribution in [1.82, 2.24) is 5.32 Å². The average Bonchev–Trinajstić information content (AvgIpc) is 2.82. The SMILES string of the molecule is CCCCCCCOCc1ccoc1CNC(C)(C)C. The van der Waals surface area contributed by atoms with E-state index in [0.717, 1.165) is 30.9 Å². The van der Waals surface area contributed by atoms with Crippen molar-refractivity contribution in [2.24, 2.45) is 0 Å². The van der Waals surface area contributed by atoms with E-state index in [9.17, 15) is 0 Å². The fourth-order valence-corrected chi connectivity index (χ4v) is 1.99. The molecule has 0 unspecified atom stereocenters. The van der Waals surface area contributed by atoms with Gasteiger partial charge in [0.1, 0.15) is 5.76 Å². The Labute approximate surface area is 124 Å². The summed E-state index contributed by atoms with van der Waals surface area (Å²) in [4.78, 5) is 0. The van der Waals surface area contributed by atoms with Crippen molar-refractivity contribution in [3.63, 3.8) is 0 Å². The van der Waals surface area contributed by atoms with Crippen LogP contribution in [0.1, 0.15) is 71.1 Å². The van der Waals surface area contributed by atoms with Crippen LogP contribution in [0.15, 0.2) is 16.7 Å². The van der Waals surface area contributed by atoms with Crippen LogP contribution in [-0.4, -0.2) is 12.1 Å². The van der Waals surface area contributed by atoms with Crippen molar-refractivity contribution in [2.75, 3.05) is 6.61 Å². The Morgan fingerprint density at radius 3 is 2.60 bits per heavy atom. The lowest BCUT2D eigenvalue weighted by Gasteiger charge is -2.20. The molecule has 1 rings (SSSR count). The summed E-state index contributed by atoms with van der Waals surface area (Å²) in [6.45, 7) is 11.0. The Kier molecular flexibility index (Phi) is 7.93. The molecule has 0 saturated carbocycles. The van der Waals surface area contributed by atoms with Gasteiger partial charge in [0.2, 0.25) is 0 Å². The highest BCUT2D eigenvalue weighted by molar-refractivity contribution is 5.16. The summed E-state index contributed by atoms with van der Waals surface area (Å²) >= 11 is 0. The monoisotopic (exact) mass is 281 g/mol. The van der Waals surface area contributed by atoms with Gasteiger partial charge in [-0.3, -0.25) is 0 Å². The Morgan fingerprint density at radius 1 is 1.15 bits per heavy atom. The van der Waals surface area contributed by atoms with E-state index in [1.807, 2.05) is 6.07 Å². The van der Waals surface area contributed by atoms with E-state index >= 15 is 0 Å². The molecule has 3 nitrogen and oxygen atoms in total. The smallest absolute Gasteiger partial charge is 0.123 e. The van der Waals surface area contributed by atoms with Crippen LogP contribution in [0.5, 0.6) is 0 Å². The number of furan rings is 1. The van der Waals surface area contributed by atoms with Crippen molar-refractivity contribution < 1.29 is 9.15 Å². The Hall–Kier alpha value is -0.800. The van der Waals surface area contributed by atoms with Gasteiger partial charge in [0.15, 0.2) is 0 Å². The lowest BCUT2D eigenvalue weighted by molar-refractivity contribution is 0.115. The Bertz CT molecular complexity index is 352. The lowest BCUT2D eigenvalue weighted by atomic mass is 10.1. The molecule has 3 heteroatoms. The molecule has 0 aliphatic carbocycles. The first-order chi connectivity index (χ1) is 9.53. The molecule has 1 aromatic heterocycles. The van der Waals surface area contributed by atoms with Crippen LogP contribution in [0.3, 0.4) is 0 Å². The van der Waals surface area contributed by atoms with Crippen molar-refractivity contribution in [3.8, 4) is 0 Å². The van der Waals surface area contributed by atoms with Crippen LogP contribution >= 0.6 is 0 Å². The second-order valence-corrected chi connectivity index (χ2v) is 6.44. The van der Waals surface area contributed by atoms with Crippen molar-refractivity contribution in [1.29, 1.82) is 0 Å². The number of nitrogens with one attached hydrogen (secondary N) is 1. The zero-order valence-corrected chi connectivity index (χ0v) is 13.6. The first kappa shape index (κ1) is 17.3. The normalized spacial score (nSPS) is 12.0. The van der Waals surface area contributed by atoms with Crippen LogP contribution in [0.2, 0.25) is 0 Å². The number of rotatable bonds is 10. The molecule has 0 bridgehead atoms. The van der Waals surface area contributed by atoms with Gasteiger partial charge >= 0.3 is 0 Å². The van der Waals surface area contributed by atoms with E-state index in [-0.39, 0.29) is 5.54 Å². The van der Waals surface area contributed by atoms with Gasteiger partial charge in [-0.15, -0.1) is 0 Å². The van der Waals surface area contributed by atoms with Gasteiger partial charge in [0.25, 0.3) is 0 Å². The molecular formula is C17H31NO2. The molecule has 1 N–H and O–H groups in total. The minimum absolute atomic E-state index is 0.101. The predicted molar refractivity (Wildman–Crippen MR) is 83.7 cm³/mol. The summed E-state index contributed by atoms with van der Waals surface area (Å²) < 4.78 is 11.3. The van der Waals surface area contributed by atoms with E-state index in [1.54, 1.807) is 6.26 Å². The summed E-state index contributed by atoms with van der Waals surface area (Å²) in [5.74, 6) is 0.992. The van der Waals surface area contributed by atoms with E-state index in [1.165, 1.54) is 25.7 Å². The molecule has 0 amide bonds. The van der Waals surface area contributed by atoms with E-state index in [2.05, 4.69) is 33.0 Å². The lowest BCUT2D eigenvalue weighted by Crippen LogP contribution is -2.35. The molecule has 1 aromatic rings. The number of ether oxygens (including phenoxy) is 1.